The number of alkyl halides is 3. The van der Waals surface area contributed by atoms with Crippen LogP contribution >= 0.6 is 0 Å². The van der Waals surface area contributed by atoms with Gasteiger partial charge in [-0.1, -0.05) is 37.6 Å². The molecule has 0 spiro atoms. The number of hydrogen-bond donors (Lipinski definition) is 2. The molecule has 0 aliphatic carbocycles. The molecule has 0 unspecified atom stereocenters. The van der Waals surface area contributed by atoms with E-state index in [9.17, 15) is 22.8 Å². The second kappa shape index (κ2) is 9.39. The van der Waals surface area contributed by atoms with Crippen molar-refractivity contribution in [1.29, 1.82) is 0 Å². The Morgan fingerprint density at radius 3 is 2.18 bits per heavy atom. The van der Waals surface area contributed by atoms with Gasteiger partial charge in [-0.05, 0) is 42.2 Å². The number of hydrogen-bond acceptors (Lipinski definition) is 2. The van der Waals surface area contributed by atoms with Gasteiger partial charge < -0.3 is 10.6 Å². The molecule has 0 atom stereocenters. The Hall–Kier alpha value is -2.83. The molecule has 2 rings (SSSR count). The molecule has 150 valence electrons. The molecular weight excluding hydrogens is 369 g/mol. The van der Waals surface area contributed by atoms with Gasteiger partial charge in [-0.15, -0.1) is 0 Å². The van der Waals surface area contributed by atoms with Gasteiger partial charge in [0.05, 0.1) is 17.7 Å². The van der Waals surface area contributed by atoms with Crippen LogP contribution in [-0.2, 0) is 28.6 Å². The first-order chi connectivity index (χ1) is 13.2. The van der Waals surface area contributed by atoms with E-state index in [-0.39, 0.29) is 17.8 Å². The van der Waals surface area contributed by atoms with Gasteiger partial charge in [-0.2, -0.15) is 13.2 Å². The first-order valence-corrected chi connectivity index (χ1v) is 9.05. The van der Waals surface area contributed by atoms with Crippen LogP contribution in [0.2, 0.25) is 0 Å². The fourth-order valence-electron chi connectivity index (χ4n) is 2.75. The quantitative estimate of drug-likeness (QED) is 0.681. The molecule has 2 aromatic rings. The normalized spacial score (nSPS) is 11.2. The second-order valence-corrected chi connectivity index (χ2v) is 6.58. The van der Waals surface area contributed by atoms with Crippen molar-refractivity contribution in [3.05, 3.63) is 59.2 Å². The van der Waals surface area contributed by atoms with E-state index in [4.69, 9.17) is 0 Å². The lowest BCUT2D eigenvalue weighted by Gasteiger charge is -2.15. The van der Waals surface area contributed by atoms with Crippen molar-refractivity contribution in [3.63, 3.8) is 0 Å². The van der Waals surface area contributed by atoms with Gasteiger partial charge in [-0.25, -0.2) is 0 Å². The summed E-state index contributed by atoms with van der Waals surface area (Å²) in [5.74, 6) is -1.02. The fraction of sp³-hybridized carbons (Fsp3) is 0.333. The van der Waals surface area contributed by atoms with E-state index >= 15 is 0 Å². The van der Waals surface area contributed by atoms with Crippen LogP contribution in [0.3, 0.4) is 0 Å². The smallest absolute Gasteiger partial charge is 0.326 e. The number of amides is 2. The summed E-state index contributed by atoms with van der Waals surface area (Å²) in [6, 6.07) is 10.8. The molecule has 0 aliphatic heterocycles. The Kier molecular flexibility index (Phi) is 7.20. The summed E-state index contributed by atoms with van der Waals surface area (Å²) >= 11 is 0. The Balaban J connectivity index is 2.11. The molecule has 0 aliphatic rings. The highest BCUT2D eigenvalue weighted by Gasteiger charge is 2.34. The molecule has 28 heavy (non-hydrogen) atoms. The largest absolute Gasteiger partial charge is 0.418 e. The van der Waals surface area contributed by atoms with Crippen LogP contribution in [0.15, 0.2) is 42.5 Å². The van der Waals surface area contributed by atoms with E-state index in [1.807, 2.05) is 24.3 Å². The third kappa shape index (κ3) is 6.40. The third-order valence-corrected chi connectivity index (χ3v) is 4.13. The Labute approximate surface area is 162 Å². The van der Waals surface area contributed by atoms with Crippen molar-refractivity contribution >= 4 is 23.2 Å². The molecule has 2 aromatic carbocycles. The average molecular weight is 392 g/mol. The molecule has 0 fully saturated rings. The average Bonchev–Trinajstić information content (AvgIpc) is 2.61. The van der Waals surface area contributed by atoms with Crippen LogP contribution in [0.25, 0.3) is 0 Å². The summed E-state index contributed by atoms with van der Waals surface area (Å²) in [5, 5.41) is 4.63. The van der Waals surface area contributed by atoms with Gasteiger partial charge in [0.2, 0.25) is 11.8 Å². The van der Waals surface area contributed by atoms with Crippen molar-refractivity contribution in [1.82, 2.24) is 0 Å². The molecule has 0 radical (unpaired) electrons. The Morgan fingerprint density at radius 1 is 0.964 bits per heavy atom. The summed E-state index contributed by atoms with van der Waals surface area (Å²) < 4.78 is 40.0. The summed E-state index contributed by atoms with van der Waals surface area (Å²) in [6.45, 7) is 3.31. The van der Waals surface area contributed by atoms with Crippen LogP contribution in [-0.4, -0.2) is 11.8 Å². The van der Waals surface area contributed by atoms with Crippen LogP contribution < -0.4 is 10.6 Å². The minimum absolute atomic E-state index is 0.0143. The maximum absolute atomic E-state index is 13.3. The lowest BCUT2D eigenvalue weighted by atomic mass is 10.0. The van der Waals surface area contributed by atoms with Crippen LogP contribution in [0.5, 0.6) is 0 Å². The topological polar surface area (TPSA) is 58.2 Å². The number of unbranched alkanes of at least 4 members (excludes halogenated alkanes) is 1. The standard InChI is InChI=1S/C21H23F3N2O2/c1-3-4-5-15-6-8-16(9-7-15)12-20(28)26-19-11-10-17(25-14(2)27)13-18(19)21(22,23)24/h6-11,13H,3-5,12H2,1-2H3,(H,25,27)(H,26,28). The molecule has 0 aromatic heterocycles. The van der Waals surface area contributed by atoms with Gasteiger partial charge in [0.1, 0.15) is 0 Å². The molecule has 2 N–H and O–H groups in total. The minimum Gasteiger partial charge on any atom is -0.326 e. The number of anilines is 2. The zero-order valence-electron chi connectivity index (χ0n) is 15.8. The van der Waals surface area contributed by atoms with E-state index in [0.717, 1.165) is 37.0 Å². The van der Waals surface area contributed by atoms with Gasteiger partial charge in [-0.3, -0.25) is 9.59 Å². The number of benzene rings is 2. The molecule has 4 nitrogen and oxygen atoms in total. The summed E-state index contributed by atoms with van der Waals surface area (Å²) in [6.07, 6.45) is -1.57. The summed E-state index contributed by atoms with van der Waals surface area (Å²) in [5.41, 5.74) is 0.550. The van der Waals surface area contributed by atoms with Gasteiger partial charge in [0, 0.05) is 12.6 Å². The van der Waals surface area contributed by atoms with Crippen molar-refractivity contribution in [3.8, 4) is 0 Å². The van der Waals surface area contributed by atoms with Gasteiger partial charge >= 0.3 is 6.18 Å². The van der Waals surface area contributed by atoms with Crippen LogP contribution in [0.1, 0.15) is 43.4 Å². The predicted octanol–water partition coefficient (Wildman–Crippen LogP) is 5.19. The van der Waals surface area contributed by atoms with E-state index in [1.165, 1.54) is 18.6 Å². The van der Waals surface area contributed by atoms with Crippen LogP contribution in [0, 0.1) is 0 Å². The monoisotopic (exact) mass is 392 g/mol. The van der Waals surface area contributed by atoms with Crippen molar-refractivity contribution < 1.29 is 22.8 Å². The SMILES string of the molecule is CCCCc1ccc(CC(=O)Nc2ccc(NC(C)=O)cc2C(F)(F)F)cc1. The number of aryl methyl sites for hydroxylation is 1. The van der Waals surface area contributed by atoms with E-state index in [1.54, 1.807) is 0 Å². The Morgan fingerprint density at radius 2 is 1.61 bits per heavy atom. The number of carbonyl (C=O) groups excluding carboxylic acids is 2. The number of halogens is 3. The zero-order chi connectivity index (χ0) is 20.7. The highest BCUT2D eigenvalue weighted by atomic mass is 19.4. The van der Waals surface area contributed by atoms with E-state index in [0.29, 0.717) is 0 Å². The van der Waals surface area contributed by atoms with Crippen molar-refractivity contribution in [2.24, 2.45) is 0 Å². The first-order valence-electron chi connectivity index (χ1n) is 9.05. The van der Waals surface area contributed by atoms with Crippen molar-refractivity contribution in [2.45, 2.75) is 45.7 Å². The van der Waals surface area contributed by atoms with E-state index < -0.39 is 23.6 Å². The maximum atomic E-state index is 13.3. The zero-order valence-corrected chi connectivity index (χ0v) is 15.8. The molecular formula is C21H23F3N2O2. The second-order valence-electron chi connectivity index (χ2n) is 6.58. The summed E-state index contributed by atoms with van der Waals surface area (Å²) in [7, 11) is 0. The third-order valence-electron chi connectivity index (χ3n) is 4.13. The van der Waals surface area contributed by atoms with E-state index in [2.05, 4.69) is 17.6 Å². The predicted molar refractivity (Wildman–Crippen MR) is 103 cm³/mol. The molecule has 0 saturated carbocycles. The summed E-state index contributed by atoms with van der Waals surface area (Å²) in [4.78, 5) is 23.3. The lowest BCUT2D eigenvalue weighted by Crippen LogP contribution is -2.19. The van der Waals surface area contributed by atoms with Gasteiger partial charge in [0.15, 0.2) is 0 Å². The highest BCUT2D eigenvalue weighted by Crippen LogP contribution is 2.36. The number of rotatable bonds is 7. The maximum Gasteiger partial charge on any atom is 0.418 e. The number of carbonyl (C=O) groups is 2. The molecule has 0 heterocycles. The van der Waals surface area contributed by atoms with Gasteiger partial charge in [0.25, 0.3) is 0 Å². The minimum atomic E-state index is -4.67. The lowest BCUT2D eigenvalue weighted by molar-refractivity contribution is -0.137. The molecule has 0 saturated heterocycles. The molecule has 2 amide bonds. The van der Waals surface area contributed by atoms with Crippen molar-refractivity contribution in [2.75, 3.05) is 10.6 Å². The molecule has 0 bridgehead atoms. The Bertz CT molecular complexity index is 831. The highest BCUT2D eigenvalue weighted by molar-refractivity contribution is 5.94. The number of nitrogens with one attached hydrogen (secondary N) is 2. The molecule has 7 heteroatoms. The van der Waals surface area contributed by atoms with Crippen LogP contribution in [0.4, 0.5) is 24.5 Å². The first kappa shape index (κ1) is 21.5. The fourth-order valence-corrected chi connectivity index (χ4v) is 2.75.